The first-order chi connectivity index (χ1) is 7.74. The van der Waals surface area contributed by atoms with Crippen LogP contribution in [0, 0.1) is 0 Å². The molecule has 0 atom stereocenters. The van der Waals surface area contributed by atoms with Crippen LogP contribution < -0.4 is 16.8 Å². The maximum Gasteiger partial charge on any atom is 0.0400 e. The summed E-state index contributed by atoms with van der Waals surface area (Å²) in [6, 6.07) is 15.5. The number of nitrogens with two attached hydrogens (primary N) is 2. The van der Waals surface area contributed by atoms with E-state index in [2.05, 4.69) is 5.32 Å². The fourth-order valence-electron chi connectivity index (χ4n) is 1.44. The Morgan fingerprint density at radius 2 is 1.25 bits per heavy atom. The normalized spacial score (nSPS) is 10.0. The van der Waals surface area contributed by atoms with Crippen molar-refractivity contribution in [1.29, 1.82) is 0 Å². The zero-order valence-electron chi connectivity index (χ0n) is 8.98. The molecule has 3 nitrogen and oxygen atoms in total. The first kappa shape index (κ1) is 10.4. The molecule has 0 saturated heterocycles. The van der Waals surface area contributed by atoms with Gasteiger partial charge in [-0.25, -0.2) is 0 Å². The van der Waals surface area contributed by atoms with E-state index in [4.69, 9.17) is 11.5 Å². The third-order valence-electron chi connectivity index (χ3n) is 2.39. The maximum atomic E-state index is 5.62. The third-order valence-corrected chi connectivity index (χ3v) is 2.39. The molecule has 0 aliphatic rings. The van der Waals surface area contributed by atoms with Crippen LogP contribution in [0.2, 0.25) is 0 Å². The maximum absolute atomic E-state index is 5.62. The number of nitrogen functional groups attached to an aromatic ring is 2. The number of nitrogens with one attached hydrogen (secondary N) is 1. The first-order valence-corrected chi connectivity index (χ1v) is 5.18. The van der Waals surface area contributed by atoms with Crippen molar-refractivity contribution in [3.8, 4) is 0 Å². The summed E-state index contributed by atoms with van der Waals surface area (Å²) in [5.74, 6) is 0. The van der Waals surface area contributed by atoms with Gasteiger partial charge in [0.15, 0.2) is 0 Å². The van der Waals surface area contributed by atoms with Crippen LogP contribution in [0.3, 0.4) is 0 Å². The molecular weight excluding hydrogens is 198 g/mol. The Hall–Kier alpha value is -2.16. The van der Waals surface area contributed by atoms with E-state index in [1.807, 2.05) is 48.5 Å². The summed E-state index contributed by atoms with van der Waals surface area (Å²) in [5, 5.41) is 3.31. The van der Waals surface area contributed by atoms with Gasteiger partial charge in [-0.15, -0.1) is 0 Å². The largest absolute Gasteiger partial charge is 0.399 e. The van der Waals surface area contributed by atoms with Crippen LogP contribution in [0.15, 0.2) is 48.5 Å². The molecule has 2 aromatic carbocycles. The van der Waals surface area contributed by atoms with Gasteiger partial charge in [-0.2, -0.15) is 0 Å². The van der Waals surface area contributed by atoms with Gasteiger partial charge in [-0.05, 0) is 42.0 Å². The lowest BCUT2D eigenvalue weighted by molar-refractivity contribution is 1.15. The molecule has 0 heterocycles. The van der Waals surface area contributed by atoms with Crippen LogP contribution >= 0.6 is 0 Å². The van der Waals surface area contributed by atoms with Gasteiger partial charge < -0.3 is 16.8 Å². The molecule has 0 bridgehead atoms. The lowest BCUT2D eigenvalue weighted by Crippen LogP contribution is -1.99. The van der Waals surface area contributed by atoms with Crippen LogP contribution in [0.5, 0.6) is 0 Å². The molecule has 0 fully saturated rings. The number of anilines is 3. The molecule has 0 aliphatic carbocycles. The molecule has 2 aromatic rings. The summed E-state index contributed by atoms with van der Waals surface area (Å²) in [6.45, 7) is 0.782. The molecule has 0 radical (unpaired) electrons. The van der Waals surface area contributed by atoms with Crippen molar-refractivity contribution in [3.05, 3.63) is 54.1 Å². The highest BCUT2D eigenvalue weighted by Crippen LogP contribution is 2.12. The summed E-state index contributed by atoms with van der Waals surface area (Å²) in [4.78, 5) is 0. The standard InChI is InChI=1S/C13H15N3/c14-11-3-1-10(2-4-11)9-16-13-7-5-12(15)6-8-13/h1-8,16H,9,14-15H2. The average molecular weight is 213 g/mol. The van der Waals surface area contributed by atoms with E-state index in [9.17, 15) is 0 Å². The third kappa shape index (κ3) is 2.67. The lowest BCUT2D eigenvalue weighted by atomic mass is 10.2. The van der Waals surface area contributed by atoms with Gasteiger partial charge in [0.05, 0.1) is 0 Å². The van der Waals surface area contributed by atoms with Crippen LogP contribution in [0.4, 0.5) is 17.1 Å². The highest BCUT2D eigenvalue weighted by molar-refractivity contribution is 5.51. The molecular formula is C13H15N3. The van der Waals surface area contributed by atoms with Crippen molar-refractivity contribution in [2.75, 3.05) is 16.8 Å². The second-order valence-corrected chi connectivity index (χ2v) is 3.72. The predicted octanol–water partition coefficient (Wildman–Crippen LogP) is 2.46. The van der Waals surface area contributed by atoms with E-state index in [1.165, 1.54) is 5.56 Å². The molecule has 0 spiro atoms. The van der Waals surface area contributed by atoms with Crippen molar-refractivity contribution in [1.82, 2.24) is 0 Å². The van der Waals surface area contributed by atoms with Crippen molar-refractivity contribution in [3.63, 3.8) is 0 Å². The number of rotatable bonds is 3. The highest BCUT2D eigenvalue weighted by atomic mass is 14.9. The fourth-order valence-corrected chi connectivity index (χ4v) is 1.44. The Morgan fingerprint density at radius 1 is 0.750 bits per heavy atom. The molecule has 5 N–H and O–H groups in total. The second kappa shape index (κ2) is 4.57. The first-order valence-electron chi connectivity index (χ1n) is 5.18. The number of hydrogen-bond acceptors (Lipinski definition) is 3. The highest BCUT2D eigenvalue weighted by Gasteiger charge is 1.94. The summed E-state index contributed by atoms with van der Waals surface area (Å²) >= 11 is 0. The number of hydrogen-bond donors (Lipinski definition) is 3. The topological polar surface area (TPSA) is 64.1 Å². The molecule has 0 saturated carbocycles. The Morgan fingerprint density at radius 3 is 1.81 bits per heavy atom. The molecule has 2 rings (SSSR count). The summed E-state index contributed by atoms with van der Waals surface area (Å²) in [7, 11) is 0. The summed E-state index contributed by atoms with van der Waals surface area (Å²) < 4.78 is 0. The molecule has 16 heavy (non-hydrogen) atoms. The van der Waals surface area contributed by atoms with Crippen molar-refractivity contribution >= 4 is 17.1 Å². The summed E-state index contributed by atoms with van der Waals surface area (Å²) in [5.41, 5.74) is 15.1. The fraction of sp³-hybridized carbons (Fsp3) is 0.0769. The minimum Gasteiger partial charge on any atom is -0.399 e. The van der Waals surface area contributed by atoms with E-state index in [1.54, 1.807) is 0 Å². The van der Waals surface area contributed by atoms with Gasteiger partial charge >= 0.3 is 0 Å². The van der Waals surface area contributed by atoms with Crippen molar-refractivity contribution in [2.45, 2.75) is 6.54 Å². The SMILES string of the molecule is Nc1ccc(CNc2ccc(N)cc2)cc1. The van der Waals surface area contributed by atoms with E-state index in [0.29, 0.717) is 0 Å². The van der Waals surface area contributed by atoms with E-state index < -0.39 is 0 Å². The van der Waals surface area contributed by atoms with Gasteiger partial charge in [0.2, 0.25) is 0 Å². The van der Waals surface area contributed by atoms with Crippen LogP contribution in [0.25, 0.3) is 0 Å². The van der Waals surface area contributed by atoms with Gasteiger partial charge in [0.1, 0.15) is 0 Å². The molecule has 3 heteroatoms. The van der Waals surface area contributed by atoms with Crippen LogP contribution in [-0.4, -0.2) is 0 Å². The smallest absolute Gasteiger partial charge is 0.0400 e. The molecule has 0 aliphatic heterocycles. The van der Waals surface area contributed by atoms with E-state index >= 15 is 0 Å². The Kier molecular flexibility index (Phi) is 2.96. The second-order valence-electron chi connectivity index (χ2n) is 3.72. The monoisotopic (exact) mass is 213 g/mol. The van der Waals surface area contributed by atoms with Crippen LogP contribution in [0.1, 0.15) is 5.56 Å². The van der Waals surface area contributed by atoms with Crippen molar-refractivity contribution < 1.29 is 0 Å². The van der Waals surface area contributed by atoms with Gasteiger partial charge in [0, 0.05) is 23.6 Å². The van der Waals surface area contributed by atoms with E-state index in [0.717, 1.165) is 23.6 Å². The average Bonchev–Trinajstić information content (AvgIpc) is 2.30. The summed E-state index contributed by atoms with van der Waals surface area (Å²) in [6.07, 6.45) is 0. The molecule has 0 unspecified atom stereocenters. The molecule has 0 amide bonds. The van der Waals surface area contributed by atoms with E-state index in [-0.39, 0.29) is 0 Å². The van der Waals surface area contributed by atoms with Gasteiger partial charge in [0.25, 0.3) is 0 Å². The minimum absolute atomic E-state index is 0.776. The Labute approximate surface area is 95.1 Å². The molecule has 82 valence electrons. The number of benzene rings is 2. The molecule has 0 aromatic heterocycles. The van der Waals surface area contributed by atoms with Gasteiger partial charge in [-0.3, -0.25) is 0 Å². The lowest BCUT2D eigenvalue weighted by Gasteiger charge is -2.06. The zero-order chi connectivity index (χ0) is 11.4. The zero-order valence-corrected chi connectivity index (χ0v) is 8.98. The quantitative estimate of drug-likeness (QED) is 0.686. The van der Waals surface area contributed by atoms with Crippen molar-refractivity contribution in [2.24, 2.45) is 0 Å². The Bertz CT molecular complexity index is 400. The minimum atomic E-state index is 0.776. The van der Waals surface area contributed by atoms with Gasteiger partial charge in [-0.1, -0.05) is 12.1 Å². The predicted molar refractivity (Wildman–Crippen MR) is 69.0 cm³/mol. The van der Waals surface area contributed by atoms with Crippen LogP contribution in [-0.2, 0) is 6.54 Å². The Balaban J connectivity index is 1.97.